The van der Waals surface area contributed by atoms with E-state index < -0.39 is 10.0 Å². The van der Waals surface area contributed by atoms with Gasteiger partial charge in [-0.3, -0.25) is 4.79 Å². The van der Waals surface area contributed by atoms with Crippen LogP contribution in [0.5, 0.6) is 5.75 Å². The predicted molar refractivity (Wildman–Crippen MR) is 110 cm³/mol. The molecule has 1 atom stereocenters. The van der Waals surface area contributed by atoms with Crippen molar-refractivity contribution in [2.45, 2.75) is 36.9 Å². The van der Waals surface area contributed by atoms with Crippen LogP contribution in [0.4, 0.5) is 0 Å². The largest absolute Gasteiger partial charge is 0.491 e. The third kappa shape index (κ3) is 4.92. The van der Waals surface area contributed by atoms with Gasteiger partial charge in [0.1, 0.15) is 16.6 Å². The zero-order chi connectivity index (χ0) is 20.1. The average Bonchev–Trinajstić information content (AvgIpc) is 3.23. The zero-order valence-corrected chi connectivity index (χ0v) is 17.8. The first-order valence-corrected chi connectivity index (χ1v) is 11.7. The molecule has 1 N–H and O–H groups in total. The summed E-state index contributed by atoms with van der Waals surface area (Å²) in [5, 5.41) is 4.75. The van der Waals surface area contributed by atoms with Gasteiger partial charge in [-0.15, -0.1) is 11.3 Å². The minimum atomic E-state index is -3.43. The molecule has 0 spiro atoms. The van der Waals surface area contributed by atoms with E-state index in [1.165, 1.54) is 15.6 Å². The molecule has 6 nitrogen and oxygen atoms in total. The van der Waals surface area contributed by atoms with Crippen LogP contribution in [0.3, 0.4) is 0 Å². The first-order valence-electron chi connectivity index (χ1n) is 9.40. The molecule has 1 fully saturated rings. The monoisotopic (exact) mass is 422 g/mol. The molecule has 0 saturated carbocycles. The number of hydrogen-bond acceptors (Lipinski definition) is 5. The smallest absolute Gasteiger partial charge is 0.252 e. The van der Waals surface area contributed by atoms with Crippen molar-refractivity contribution in [3.63, 3.8) is 0 Å². The molecule has 152 valence electrons. The lowest BCUT2D eigenvalue weighted by Crippen LogP contribution is -2.45. The lowest BCUT2D eigenvalue weighted by Gasteiger charge is -2.30. The average molecular weight is 423 g/mol. The van der Waals surface area contributed by atoms with E-state index in [0.717, 1.165) is 11.3 Å². The van der Waals surface area contributed by atoms with Gasteiger partial charge in [0, 0.05) is 19.0 Å². The summed E-state index contributed by atoms with van der Waals surface area (Å²) < 4.78 is 32.8. The molecule has 8 heteroatoms. The number of rotatable bonds is 7. The molecule has 0 unspecified atom stereocenters. The highest BCUT2D eigenvalue weighted by molar-refractivity contribution is 7.91. The van der Waals surface area contributed by atoms with Crippen molar-refractivity contribution in [2.75, 3.05) is 19.7 Å². The molecule has 0 radical (unpaired) electrons. The maximum absolute atomic E-state index is 12.6. The van der Waals surface area contributed by atoms with Gasteiger partial charge in [0.2, 0.25) is 5.91 Å². The number of piperidine rings is 1. The summed E-state index contributed by atoms with van der Waals surface area (Å²) in [6.45, 7) is 5.02. The fourth-order valence-corrected chi connectivity index (χ4v) is 5.85. The van der Waals surface area contributed by atoms with Crippen LogP contribution in [0.2, 0.25) is 0 Å². The first kappa shape index (κ1) is 20.8. The number of nitrogens with one attached hydrogen (secondary N) is 1. The topological polar surface area (TPSA) is 75.7 Å². The summed E-state index contributed by atoms with van der Waals surface area (Å²) in [5.74, 6) is 0.612. The second-order valence-corrected chi connectivity index (χ2v) is 10.2. The van der Waals surface area contributed by atoms with Gasteiger partial charge in [-0.25, -0.2) is 8.42 Å². The van der Waals surface area contributed by atoms with Gasteiger partial charge in [-0.05, 0) is 49.8 Å². The Hall–Kier alpha value is -1.90. The number of carbonyl (C=O) groups excluding carboxylic acids is 1. The van der Waals surface area contributed by atoms with E-state index in [9.17, 15) is 13.2 Å². The molecule has 1 saturated heterocycles. The Morgan fingerprint density at radius 3 is 2.61 bits per heavy atom. The summed E-state index contributed by atoms with van der Waals surface area (Å²) in [7, 11) is -3.43. The molecule has 1 aliphatic rings. The van der Waals surface area contributed by atoms with Crippen LogP contribution in [-0.2, 0) is 14.8 Å². The maximum Gasteiger partial charge on any atom is 0.252 e. The number of hydrogen-bond donors (Lipinski definition) is 1. The standard InChI is InChI=1S/C20H26N2O4S2/c1-15-6-3-4-7-18(15)26-14-16(2)21-20(23)17-9-11-22(12-10-17)28(24,25)19-8-5-13-27-19/h3-8,13,16-17H,9-12,14H2,1-2H3,(H,21,23)/t16-/m1/s1. The van der Waals surface area contributed by atoms with E-state index in [1.54, 1.807) is 17.5 Å². The van der Waals surface area contributed by atoms with E-state index in [4.69, 9.17) is 4.74 Å². The van der Waals surface area contributed by atoms with Crippen molar-refractivity contribution in [3.8, 4) is 5.75 Å². The van der Waals surface area contributed by atoms with Crippen LogP contribution >= 0.6 is 11.3 Å². The molecule has 2 heterocycles. The molecule has 28 heavy (non-hydrogen) atoms. The second-order valence-electron chi connectivity index (χ2n) is 7.10. The Morgan fingerprint density at radius 1 is 1.25 bits per heavy atom. The summed E-state index contributed by atoms with van der Waals surface area (Å²) in [5.41, 5.74) is 1.06. The molecule has 2 aromatic rings. The number of thiophene rings is 1. The number of aryl methyl sites for hydroxylation is 1. The highest BCUT2D eigenvalue weighted by atomic mass is 32.2. The van der Waals surface area contributed by atoms with Crippen LogP contribution in [0.15, 0.2) is 46.0 Å². The van der Waals surface area contributed by atoms with Gasteiger partial charge < -0.3 is 10.1 Å². The lowest BCUT2D eigenvalue weighted by molar-refractivity contribution is -0.126. The molecule has 1 aromatic carbocycles. The van der Waals surface area contributed by atoms with Crippen LogP contribution < -0.4 is 10.1 Å². The number of ether oxygens (including phenoxy) is 1. The van der Waals surface area contributed by atoms with Gasteiger partial charge >= 0.3 is 0 Å². The summed E-state index contributed by atoms with van der Waals surface area (Å²) in [6.07, 6.45) is 1.06. The molecule has 1 aliphatic heterocycles. The Balaban J connectivity index is 1.46. The summed E-state index contributed by atoms with van der Waals surface area (Å²) >= 11 is 1.22. The van der Waals surface area contributed by atoms with Crippen molar-refractivity contribution >= 4 is 27.3 Å². The quantitative estimate of drug-likeness (QED) is 0.744. The number of carbonyl (C=O) groups is 1. The molecule has 1 aromatic heterocycles. The number of nitrogens with zero attached hydrogens (tertiary/aromatic N) is 1. The Bertz CT molecular complexity index is 889. The minimum absolute atomic E-state index is 0.0333. The zero-order valence-electron chi connectivity index (χ0n) is 16.1. The predicted octanol–water partition coefficient (Wildman–Crippen LogP) is 3.04. The van der Waals surface area contributed by atoms with Gasteiger partial charge in [-0.2, -0.15) is 4.31 Å². The lowest BCUT2D eigenvalue weighted by atomic mass is 9.97. The van der Waals surface area contributed by atoms with Gasteiger partial charge in [0.25, 0.3) is 10.0 Å². The van der Waals surface area contributed by atoms with Crippen molar-refractivity contribution < 1.29 is 17.9 Å². The highest BCUT2D eigenvalue weighted by Crippen LogP contribution is 2.26. The molecular weight excluding hydrogens is 396 g/mol. The molecule has 0 aliphatic carbocycles. The van der Waals surface area contributed by atoms with Gasteiger partial charge in [0.15, 0.2) is 0 Å². The number of para-hydroxylation sites is 1. The maximum atomic E-state index is 12.6. The van der Waals surface area contributed by atoms with E-state index in [-0.39, 0.29) is 17.9 Å². The molecule has 1 amide bonds. The first-order chi connectivity index (χ1) is 13.4. The van der Waals surface area contributed by atoms with Crippen molar-refractivity contribution in [2.24, 2.45) is 5.92 Å². The summed E-state index contributed by atoms with van der Waals surface area (Å²) in [6, 6.07) is 11.0. The fourth-order valence-electron chi connectivity index (χ4n) is 3.23. The number of benzene rings is 1. The van der Waals surface area contributed by atoms with E-state index in [2.05, 4.69) is 5.32 Å². The van der Waals surface area contributed by atoms with Gasteiger partial charge in [-0.1, -0.05) is 24.3 Å². The Kier molecular flexibility index (Phi) is 6.74. The minimum Gasteiger partial charge on any atom is -0.491 e. The van der Waals surface area contributed by atoms with Crippen molar-refractivity contribution in [3.05, 3.63) is 47.3 Å². The van der Waals surface area contributed by atoms with E-state index >= 15 is 0 Å². The third-order valence-corrected chi connectivity index (χ3v) is 8.16. The Labute approximate surface area is 170 Å². The fraction of sp³-hybridized carbons (Fsp3) is 0.450. The third-order valence-electron chi connectivity index (χ3n) is 4.89. The van der Waals surface area contributed by atoms with Crippen molar-refractivity contribution in [1.29, 1.82) is 0 Å². The van der Waals surface area contributed by atoms with Crippen LogP contribution in [0.25, 0.3) is 0 Å². The van der Waals surface area contributed by atoms with Crippen molar-refractivity contribution in [1.82, 2.24) is 9.62 Å². The molecule has 3 rings (SSSR count). The molecular formula is C20H26N2O4S2. The van der Waals surface area contributed by atoms with Crippen LogP contribution in [-0.4, -0.2) is 44.4 Å². The summed E-state index contributed by atoms with van der Waals surface area (Å²) in [4.78, 5) is 12.5. The Morgan fingerprint density at radius 2 is 1.96 bits per heavy atom. The number of amides is 1. The molecule has 0 bridgehead atoms. The van der Waals surface area contributed by atoms with E-state index in [0.29, 0.717) is 36.7 Å². The van der Waals surface area contributed by atoms with Gasteiger partial charge in [0.05, 0.1) is 6.04 Å². The van der Waals surface area contributed by atoms with E-state index in [1.807, 2.05) is 38.1 Å². The highest BCUT2D eigenvalue weighted by Gasteiger charge is 2.32. The second kappa shape index (κ2) is 9.07. The normalized spacial score (nSPS) is 17.2. The van der Waals surface area contributed by atoms with Crippen LogP contribution in [0, 0.1) is 12.8 Å². The van der Waals surface area contributed by atoms with Crippen LogP contribution in [0.1, 0.15) is 25.3 Å². The number of sulfonamides is 1. The SMILES string of the molecule is Cc1ccccc1OC[C@@H](C)NC(=O)C1CCN(S(=O)(=O)c2cccs2)CC1.